The second-order valence-corrected chi connectivity index (χ2v) is 5.54. The number of hydrogen-bond donors (Lipinski definition) is 0. The van der Waals surface area contributed by atoms with Gasteiger partial charge in [0.1, 0.15) is 5.69 Å². The van der Waals surface area contributed by atoms with E-state index in [-0.39, 0.29) is 17.5 Å². The predicted molar refractivity (Wildman–Crippen MR) is 73.1 cm³/mol. The van der Waals surface area contributed by atoms with E-state index in [2.05, 4.69) is 0 Å². The number of nitrogens with zero attached hydrogens (tertiary/aromatic N) is 3. The molecule has 1 aliphatic rings. The Balaban J connectivity index is 2.08. The number of aryl methyl sites for hydroxylation is 1. The molecule has 1 saturated heterocycles. The van der Waals surface area contributed by atoms with E-state index in [9.17, 15) is 18.4 Å². The number of aromatic nitrogens is 1. The summed E-state index contributed by atoms with van der Waals surface area (Å²) in [5, 5.41) is 0. The number of carbonyl (C=O) groups excluding carboxylic acids is 2. The van der Waals surface area contributed by atoms with Crippen molar-refractivity contribution in [1.29, 1.82) is 0 Å². The summed E-state index contributed by atoms with van der Waals surface area (Å²) < 4.78 is 26.7. The van der Waals surface area contributed by atoms with Crippen molar-refractivity contribution in [2.24, 2.45) is 5.92 Å². The lowest BCUT2D eigenvalue weighted by Gasteiger charge is -2.21. The molecular weight excluding hydrogens is 280 g/mol. The third-order valence-corrected chi connectivity index (χ3v) is 3.84. The molecule has 1 fully saturated rings. The third-order valence-electron chi connectivity index (χ3n) is 3.84. The van der Waals surface area contributed by atoms with Gasteiger partial charge in [0.2, 0.25) is 5.91 Å². The lowest BCUT2D eigenvalue weighted by atomic mass is 10.1. The Kier molecular flexibility index (Phi) is 4.29. The summed E-state index contributed by atoms with van der Waals surface area (Å²) in [4.78, 5) is 26.8. The van der Waals surface area contributed by atoms with Gasteiger partial charge in [-0.3, -0.25) is 14.2 Å². The Morgan fingerprint density at radius 3 is 2.67 bits per heavy atom. The Morgan fingerprint density at radius 1 is 1.48 bits per heavy atom. The fraction of sp³-hybridized carbons (Fsp3) is 0.571. The molecule has 2 heterocycles. The van der Waals surface area contributed by atoms with Gasteiger partial charge in [0.15, 0.2) is 0 Å². The maximum absolute atomic E-state index is 13.0. The highest BCUT2D eigenvalue weighted by molar-refractivity contribution is 5.93. The van der Waals surface area contributed by atoms with Crippen LogP contribution in [0.3, 0.4) is 0 Å². The predicted octanol–water partition coefficient (Wildman–Crippen LogP) is 1.74. The molecule has 1 aliphatic heterocycles. The first-order chi connectivity index (χ1) is 9.81. The number of likely N-dealkylation sites (tertiary alicyclic amines) is 1. The number of hydrogen-bond acceptors (Lipinski definition) is 2. The van der Waals surface area contributed by atoms with Crippen molar-refractivity contribution < 1.29 is 18.4 Å². The molecule has 7 heteroatoms. The van der Waals surface area contributed by atoms with Gasteiger partial charge in [-0.15, -0.1) is 0 Å². The molecule has 5 nitrogen and oxygen atoms in total. The third kappa shape index (κ3) is 3.06. The molecule has 0 saturated carbocycles. The highest BCUT2D eigenvalue weighted by Crippen LogP contribution is 2.21. The number of rotatable bonds is 4. The molecule has 0 bridgehead atoms. The molecule has 1 atom stereocenters. The summed E-state index contributed by atoms with van der Waals surface area (Å²) in [5.41, 5.74) is 0.320. The molecule has 0 spiro atoms. The summed E-state index contributed by atoms with van der Waals surface area (Å²) in [6.07, 6.45) is 0.392. The van der Waals surface area contributed by atoms with E-state index in [0.717, 1.165) is 4.57 Å². The number of carbonyl (C=O) groups is 2. The topological polar surface area (TPSA) is 45.6 Å². The average molecular weight is 299 g/mol. The van der Waals surface area contributed by atoms with Crippen LogP contribution in [0.25, 0.3) is 0 Å². The Labute approximate surface area is 122 Å². The monoisotopic (exact) mass is 299 g/mol. The molecule has 0 radical (unpaired) electrons. The summed E-state index contributed by atoms with van der Waals surface area (Å²) in [6, 6.07) is 2.91. The van der Waals surface area contributed by atoms with Gasteiger partial charge in [0.05, 0.1) is 0 Å². The van der Waals surface area contributed by atoms with Crippen LogP contribution >= 0.6 is 0 Å². The van der Waals surface area contributed by atoms with Crippen molar-refractivity contribution >= 4 is 11.8 Å². The van der Waals surface area contributed by atoms with E-state index in [1.54, 1.807) is 19.0 Å². The van der Waals surface area contributed by atoms with E-state index in [1.165, 1.54) is 24.0 Å². The summed E-state index contributed by atoms with van der Waals surface area (Å²) in [6.45, 7) is -0.243. The molecule has 0 aliphatic carbocycles. The van der Waals surface area contributed by atoms with Gasteiger partial charge in [-0.25, -0.2) is 0 Å². The van der Waals surface area contributed by atoms with Gasteiger partial charge < -0.3 is 9.80 Å². The molecular formula is C14H19F2N3O2. The van der Waals surface area contributed by atoms with Crippen LogP contribution in [0.5, 0.6) is 0 Å². The quantitative estimate of drug-likeness (QED) is 0.850. The van der Waals surface area contributed by atoms with E-state index >= 15 is 0 Å². The van der Waals surface area contributed by atoms with Crippen molar-refractivity contribution in [2.75, 3.05) is 27.2 Å². The zero-order valence-electron chi connectivity index (χ0n) is 12.3. The van der Waals surface area contributed by atoms with Crippen LogP contribution in [0, 0.1) is 12.8 Å². The van der Waals surface area contributed by atoms with E-state index in [1.807, 2.05) is 0 Å². The van der Waals surface area contributed by atoms with Crippen molar-refractivity contribution in [3.63, 3.8) is 0 Å². The first-order valence-electron chi connectivity index (χ1n) is 6.76. The highest BCUT2D eigenvalue weighted by Gasteiger charge is 2.30. The van der Waals surface area contributed by atoms with Crippen LogP contribution in [0.2, 0.25) is 0 Å². The van der Waals surface area contributed by atoms with E-state index < -0.39 is 12.5 Å². The molecule has 116 valence electrons. The van der Waals surface area contributed by atoms with Gasteiger partial charge in [-0.05, 0) is 19.1 Å². The summed E-state index contributed by atoms with van der Waals surface area (Å²) in [7, 11) is 3.29. The standard InChI is InChI=1S/C14H19F2N3O2/c1-9-4-5-11(19(9)14(15)16)13(21)18(3)8-10-6-12(20)17(2)7-10/h4-5,10,14H,6-8H2,1-3H3/t10-/m0/s1. The van der Waals surface area contributed by atoms with Crippen molar-refractivity contribution in [3.8, 4) is 0 Å². The Hall–Kier alpha value is -1.92. The van der Waals surface area contributed by atoms with Crippen LogP contribution in [-0.4, -0.2) is 53.4 Å². The van der Waals surface area contributed by atoms with Crippen molar-refractivity contribution in [2.45, 2.75) is 19.9 Å². The minimum atomic E-state index is -2.74. The molecule has 21 heavy (non-hydrogen) atoms. The van der Waals surface area contributed by atoms with E-state index in [4.69, 9.17) is 0 Å². The zero-order chi connectivity index (χ0) is 15.7. The molecule has 2 rings (SSSR count). The Morgan fingerprint density at radius 2 is 2.14 bits per heavy atom. The Bertz CT molecular complexity index is 556. The zero-order valence-corrected chi connectivity index (χ0v) is 12.3. The highest BCUT2D eigenvalue weighted by atomic mass is 19.3. The molecule has 1 aromatic rings. The van der Waals surface area contributed by atoms with Crippen LogP contribution in [0.4, 0.5) is 8.78 Å². The number of alkyl halides is 2. The van der Waals surface area contributed by atoms with Crippen LogP contribution < -0.4 is 0 Å². The van der Waals surface area contributed by atoms with Crippen molar-refractivity contribution in [3.05, 3.63) is 23.5 Å². The summed E-state index contributed by atoms with van der Waals surface area (Å²) >= 11 is 0. The second kappa shape index (κ2) is 5.83. The molecule has 2 amide bonds. The minimum Gasteiger partial charge on any atom is -0.345 e. The SMILES string of the molecule is Cc1ccc(C(=O)N(C)C[C@H]2CC(=O)N(C)C2)n1C(F)F. The van der Waals surface area contributed by atoms with E-state index in [0.29, 0.717) is 25.2 Å². The number of amides is 2. The molecule has 0 N–H and O–H groups in total. The maximum atomic E-state index is 13.0. The van der Waals surface area contributed by atoms with Gasteiger partial charge in [-0.2, -0.15) is 8.78 Å². The average Bonchev–Trinajstić information content (AvgIpc) is 2.92. The smallest absolute Gasteiger partial charge is 0.319 e. The van der Waals surface area contributed by atoms with Gasteiger partial charge in [0.25, 0.3) is 5.91 Å². The second-order valence-electron chi connectivity index (χ2n) is 5.54. The normalized spacial score (nSPS) is 18.7. The van der Waals surface area contributed by atoms with Crippen LogP contribution in [-0.2, 0) is 4.79 Å². The summed E-state index contributed by atoms with van der Waals surface area (Å²) in [5.74, 6) is -0.356. The fourth-order valence-electron chi connectivity index (χ4n) is 2.73. The van der Waals surface area contributed by atoms with Crippen molar-refractivity contribution in [1.82, 2.24) is 14.4 Å². The molecule has 0 unspecified atom stereocenters. The largest absolute Gasteiger partial charge is 0.345 e. The first-order valence-corrected chi connectivity index (χ1v) is 6.76. The van der Waals surface area contributed by atoms with Gasteiger partial charge in [0, 0.05) is 45.2 Å². The fourth-order valence-corrected chi connectivity index (χ4v) is 2.73. The molecule has 1 aromatic heterocycles. The lowest BCUT2D eigenvalue weighted by molar-refractivity contribution is -0.126. The lowest BCUT2D eigenvalue weighted by Crippen LogP contribution is -2.34. The van der Waals surface area contributed by atoms with Crippen LogP contribution in [0.15, 0.2) is 12.1 Å². The first kappa shape index (κ1) is 15.5. The van der Waals surface area contributed by atoms with Gasteiger partial charge >= 0.3 is 6.55 Å². The maximum Gasteiger partial charge on any atom is 0.319 e. The minimum absolute atomic E-state index is 0.0253. The van der Waals surface area contributed by atoms with Crippen LogP contribution in [0.1, 0.15) is 29.2 Å². The number of halogens is 2. The van der Waals surface area contributed by atoms with Gasteiger partial charge in [-0.1, -0.05) is 0 Å². The molecule has 0 aromatic carbocycles.